The van der Waals surface area contributed by atoms with Crippen LogP contribution in [0.3, 0.4) is 0 Å². The second kappa shape index (κ2) is 5.67. The van der Waals surface area contributed by atoms with Gasteiger partial charge in [0.05, 0.1) is 23.2 Å². The molecule has 0 aliphatic carbocycles. The number of aryl methyl sites for hydroxylation is 1. The summed E-state index contributed by atoms with van der Waals surface area (Å²) in [7, 11) is 0. The third-order valence-corrected chi connectivity index (χ3v) is 3.43. The average molecular weight is 321 g/mol. The number of benzene rings is 1. The summed E-state index contributed by atoms with van der Waals surface area (Å²) in [6.45, 7) is 1.86. The first-order valence-electron chi connectivity index (χ1n) is 6.05. The number of hydrogen-bond acceptors (Lipinski definition) is 4. The molecule has 0 N–H and O–H groups in total. The zero-order valence-corrected chi connectivity index (χ0v) is 12.5. The molecule has 0 amide bonds. The van der Waals surface area contributed by atoms with Crippen LogP contribution in [0.25, 0.3) is 5.69 Å². The van der Waals surface area contributed by atoms with Crippen molar-refractivity contribution in [3.63, 3.8) is 0 Å². The maximum atomic E-state index is 6.38. The van der Waals surface area contributed by atoms with Crippen molar-refractivity contribution in [3.05, 3.63) is 58.4 Å². The molecule has 0 aliphatic rings. The Labute approximate surface area is 130 Å². The minimum atomic E-state index is 0.464. The first-order valence-corrected chi connectivity index (χ1v) is 6.81. The second-order valence-electron chi connectivity index (χ2n) is 4.27. The Morgan fingerprint density at radius 3 is 2.67 bits per heavy atom. The number of hydrogen-bond donors (Lipinski definition) is 0. The van der Waals surface area contributed by atoms with Gasteiger partial charge in [0, 0.05) is 5.02 Å². The van der Waals surface area contributed by atoms with Gasteiger partial charge in [-0.2, -0.15) is 10.2 Å². The van der Waals surface area contributed by atoms with Gasteiger partial charge in [0.2, 0.25) is 0 Å². The Hall–Kier alpha value is -2.18. The summed E-state index contributed by atoms with van der Waals surface area (Å²) in [6.07, 6.45) is 4.59. The molecule has 0 fully saturated rings. The predicted octanol–water partition coefficient (Wildman–Crippen LogP) is 2.96. The van der Waals surface area contributed by atoms with Crippen LogP contribution in [0.15, 0.2) is 42.0 Å². The van der Waals surface area contributed by atoms with Crippen LogP contribution in [0, 0.1) is 6.92 Å². The van der Waals surface area contributed by atoms with Crippen LogP contribution in [-0.4, -0.2) is 30.9 Å². The highest BCUT2D eigenvalue weighted by molar-refractivity contribution is 6.32. The number of aromatic nitrogens is 5. The standard InChI is InChI=1S/C13H10Cl2N6/c1-9-12(6-18-20-7-16-17-8-20)13(15)21(19-9)11-4-2-3-10(14)5-11/h2-8H,1H3/b18-6+. The Kier molecular flexibility index (Phi) is 3.72. The summed E-state index contributed by atoms with van der Waals surface area (Å²) in [6, 6.07) is 7.31. The SMILES string of the molecule is Cc1nn(-c2cccc(Cl)c2)c(Cl)c1/C=N/n1cnnc1. The quantitative estimate of drug-likeness (QED) is 0.697. The molecule has 0 spiro atoms. The lowest BCUT2D eigenvalue weighted by molar-refractivity contribution is 0.863. The fraction of sp³-hybridized carbons (Fsp3) is 0.0769. The number of nitrogens with zero attached hydrogens (tertiary/aromatic N) is 6. The highest BCUT2D eigenvalue weighted by atomic mass is 35.5. The molecule has 21 heavy (non-hydrogen) atoms. The lowest BCUT2D eigenvalue weighted by Gasteiger charge is -2.03. The Bertz CT molecular complexity index is 791. The third kappa shape index (κ3) is 2.81. The summed E-state index contributed by atoms with van der Waals surface area (Å²) < 4.78 is 3.10. The molecule has 0 saturated carbocycles. The highest BCUT2D eigenvalue weighted by Crippen LogP contribution is 2.23. The van der Waals surface area contributed by atoms with Crippen LogP contribution in [0.4, 0.5) is 0 Å². The van der Waals surface area contributed by atoms with Crippen molar-refractivity contribution in [3.8, 4) is 5.69 Å². The molecule has 0 atom stereocenters. The zero-order valence-electron chi connectivity index (χ0n) is 11.0. The maximum Gasteiger partial charge on any atom is 0.142 e. The predicted molar refractivity (Wildman–Crippen MR) is 81.3 cm³/mol. The van der Waals surface area contributed by atoms with Gasteiger partial charge in [-0.3, -0.25) is 0 Å². The minimum Gasteiger partial charge on any atom is -0.221 e. The van der Waals surface area contributed by atoms with E-state index in [1.165, 1.54) is 17.3 Å². The monoisotopic (exact) mass is 320 g/mol. The van der Waals surface area contributed by atoms with Crippen LogP contribution in [-0.2, 0) is 0 Å². The minimum absolute atomic E-state index is 0.464. The van der Waals surface area contributed by atoms with Crippen molar-refractivity contribution < 1.29 is 0 Å². The molecule has 0 saturated heterocycles. The zero-order chi connectivity index (χ0) is 14.8. The highest BCUT2D eigenvalue weighted by Gasteiger charge is 2.13. The molecule has 2 heterocycles. The fourth-order valence-electron chi connectivity index (χ4n) is 1.82. The first kappa shape index (κ1) is 13.8. The third-order valence-electron chi connectivity index (χ3n) is 2.83. The largest absolute Gasteiger partial charge is 0.221 e. The van der Waals surface area contributed by atoms with Gasteiger partial charge in [0.25, 0.3) is 0 Å². The summed E-state index contributed by atoms with van der Waals surface area (Å²) in [4.78, 5) is 0. The van der Waals surface area contributed by atoms with Crippen LogP contribution in [0.5, 0.6) is 0 Å². The van der Waals surface area contributed by atoms with Crippen molar-refractivity contribution in [2.75, 3.05) is 0 Å². The van der Waals surface area contributed by atoms with E-state index < -0.39 is 0 Å². The van der Waals surface area contributed by atoms with Gasteiger partial charge in [0.15, 0.2) is 0 Å². The van der Waals surface area contributed by atoms with E-state index in [-0.39, 0.29) is 0 Å². The van der Waals surface area contributed by atoms with Crippen LogP contribution in [0.1, 0.15) is 11.3 Å². The van der Waals surface area contributed by atoms with Crippen LogP contribution >= 0.6 is 23.2 Å². The van der Waals surface area contributed by atoms with E-state index in [0.29, 0.717) is 10.2 Å². The lowest BCUT2D eigenvalue weighted by Crippen LogP contribution is -1.96. The lowest BCUT2D eigenvalue weighted by atomic mass is 10.3. The van der Waals surface area contributed by atoms with Crippen molar-refractivity contribution >= 4 is 29.4 Å². The number of rotatable bonds is 3. The molecule has 0 aliphatic heterocycles. The van der Waals surface area contributed by atoms with E-state index in [1.807, 2.05) is 19.1 Å². The molecule has 0 unspecified atom stereocenters. The summed E-state index contributed by atoms with van der Waals surface area (Å²) in [5, 5.41) is 17.0. The molecule has 6 nitrogen and oxygen atoms in total. The topological polar surface area (TPSA) is 60.9 Å². The summed E-state index contributed by atoms with van der Waals surface area (Å²) in [5.41, 5.74) is 2.28. The van der Waals surface area contributed by atoms with Gasteiger partial charge in [-0.1, -0.05) is 29.3 Å². The maximum absolute atomic E-state index is 6.38. The molecular weight excluding hydrogens is 311 g/mol. The van der Waals surface area contributed by atoms with Crippen molar-refractivity contribution in [1.29, 1.82) is 0 Å². The van der Waals surface area contributed by atoms with Gasteiger partial charge in [0.1, 0.15) is 17.8 Å². The molecule has 3 rings (SSSR count). The van der Waals surface area contributed by atoms with Gasteiger partial charge < -0.3 is 0 Å². The fourth-order valence-corrected chi connectivity index (χ4v) is 2.32. The molecule has 2 aromatic heterocycles. The van der Waals surface area contributed by atoms with Crippen molar-refractivity contribution in [2.45, 2.75) is 6.92 Å². The molecular formula is C13H10Cl2N6. The van der Waals surface area contributed by atoms with Gasteiger partial charge in [-0.25, -0.2) is 9.36 Å². The van der Waals surface area contributed by atoms with E-state index in [4.69, 9.17) is 23.2 Å². The normalized spacial score (nSPS) is 11.4. The van der Waals surface area contributed by atoms with E-state index in [0.717, 1.165) is 16.9 Å². The molecule has 1 aromatic carbocycles. The van der Waals surface area contributed by atoms with Gasteiger partial charge >= 0.3 is 0 Å². The Morgan fingerprint density at radius 2 is 1.95 bits per heavy atom. The van der Waals surface area contributed by atoms with E-state index in [2.05, 4.69) is 20.4 Å². The average Bonchev–Trinajstić information content (AvgIpc) is 3.06. The van der Waals surface area contributed by atoms with Crippen molar-refractivity contribution in [1.82, 2.24) is 24.7 Å². The van der Waals surface area contributed by atoms with Gasteiger partial charge in [-0.15, -0.1) is 10.2 Å². The molecule has 3 aromatic rings. The summed E-state index contributed by atoms with van der Waals surface area (Å²) >= 11 is 12.4. The molecule has 0 radical (unpaired) electrons. The number of halogens is 2. The summed E-state index contributed by atoms with van der Waals surface area (Å²) in [5.74, 6) is 0. The first-order chi connectivity index (χ1) is 10.1. The Balaban J connectivity index is 2.00. The van der Waals surface area contributed by atoms with Crippen LogP contribution in [0.2, 0.25) is 10.2 Å². The molecule has 8 heteroatoms. The Morgan fingerprint density at radius 1 is 1.19 bits per heavy atom. The van der Waals surface area contributed by atoms with E-state index in [1.54, 1.807) is 23.0 Å². The smallest absolute Gasteiger partial charge is 0.142 e. The van der Waals surface area contributed by atoms with Crippen LogP contribution < -0.4 is 0 Å². The van der Waals surface area contributed by atoms with E-state index in [9.17, 15) is 0 Å². The second-order valence-corrected chi connectivity index (χ2v) is 5.06. The van der Waals surface area contributed by atoms with Gasteiger partial charge in [-0.05, 0) is 25.1 Å². The molecule has 106 valence electrons. The van der Waals surface area contributed by atoms with E-state index >= 15 is 0 Å². The van der Waals surface area contributed by atoms with Crippen molar-refractivity contribution in [2.24, 2.45) is 5.10 Å². The molecule has 0 bridgehead atoms.